The molecule has 1 amide bonds. The van der Waals surface area contributed by atoms with Gasteiger partial charge in [0.2, 0.25) is 0 Å². The van der Waals surface area contributed by atoms with Gasteiger partial charge in [0.05, 0.1) is 24.0 Å². The summed E-state index contributed by atoms with van der Waals surface area (Å²) in [5.41, 5.74) is 2.82. The van der Waals surface area contributed by atoms with Crippen LogP contribution < -0.4 is 0 Å². The van der Waals surface area contributed by atoms with Gasteiger partial charge in [0.25, 0.3) is 5.91 Å². The van der Waals surface area contributed by atoms with Crippen molar-refractivity contribution in [3.63, 3.8) is 0 Å². The molecule has 0 bridgehead atoms. The van der Waals surface area contributed by atoms with Crippen LogP contribution in [-0.2, 0) is 27.6 Å². The summed E-state index contributed by atoms with van der Waals surface area (Å²) in [4.78, 5) is 18.8. The molecule has 5 nitrogen and oxygen atoms in total. The molecule has 152 valence electrons. The molecular weight excluding hydrogens is 411 g/mol. The second-order valence-corrected chi connectivity index (χ2v) is 10.9. The number of fused-ring (bicyclic) bond motifs is 1. The normalized spacial score (nSPS) is 24.1. The zero-order valence-corrected chi connectivity index (χ0v) is 17.5. The molecule has 2 aliphatic rings. The van der Waals surface area contributed by atoms with Gasteiger partial charge in [-0.05, 0) is 30.2 Å². The SMILES string of the molecule is Cc1cccc(CC(=O)N=C2S[C@H]3CS(=O)(=O)C[C@@H]3N2Cc2ccc(F)cc2)c1. The van der Waals surface area contributed by atoms with E-state index in [-0.39, 0.29) is 40.9 Å². The van der Waals surface area contributed by atoms with Crippen molar-refractivity contribution >= 4 is 32.7 Å². The number of aryl methyl sites for hydroxylation is 1. The van der Waals surface area contributed by atoms with Gasteiger partial charge in [-0.25, -0.2) is 12.8 Å². The predicted octanol–water partition coefficient (Wildman–Crippen LogP) is 2.97. The lowest BCUT2D eigenvalue weighted by atomic mass is 10.1. The maximum Gasteiger partial charge on any atom is 0.252 e. The Labute approximate surface area is 173 Å². The zero-order chi connectivity index (χ0) is 20.6. The lowest BCUT2D eigenvalue weighted by molar-refractivity contribution is -0.117. The Bertz CT molecular complexity index is 1070. The number of sulfone groups is 1. The molecular formula is C21H21FN2O3S2. The number of benzene rings is 2. The van der Waals surface area contributed by atoms with Crippen LogP contribution in [0.1, 0.15) is 16.7 Å². The van der Waals surface area contributed by atoms with Crippen LogP contribution in [0.4, 0.5) is 4.39 Å². The number of hydrogen-bond donors (Lipinski definition) is 0. The molecule has 0 spiro atoms. The highest BCUT2D eigenvalue weighted by atomic mass is 32.2. The molecule has 0 aromatic heterocycles. The highest BCUT2D eigenvalue weighted by Gasteiger charge is 2.48. The summed E-state index contributed by atoms with van der Waals surface area (Å²) in [6, 6.07) is 13.6. The fourth-order valence-corrected chi connectivity index (χ4v) is 7.72. The van der Waals surface area contributed by atoms with Gasteiger partial charge in [-0.1, -0.05) is 53.7 Å². The second kappa shape index (κ2) is 7.91. The maximum atomic E-state index is 13.2. The standard InChI is InChI=1S/C21H21FN2O3S2/c1-14-3-2-4-16(9-14)10-20(25)23-21-24(11-15-5-7-17(22)8-6-15)18-12-29(26,27)13-19(18)28-21/h2-9,18-19H,10-13H2,1H3/t18-,19-/m0/s1. The van der Waals surface area contributed by atoms with Gasteiger partial charge in [0.15, 0.2) is 15.0 Å². The van der Waals surface area contributed by atoms with Crippen LogP contribution in [0.2, 0.25) is 0 Å². The predicted molar refractivity (Wildman–Crippen MR) is 113 cm³/mol. The van der Waals surface area contributed by atoms with Crippen molar-refractivity contribution in [1.82, 2.24) is 4.90 Å². The molecule has 2 aromatic rings. The van der Waals surface area contributed by atoms with Gasteiger partial charge >= 0.3 is 0 Å². The molecule has 0 unspecified atom stereocenters. The first-order valence-electron chi connectivity index (χ1n) is 9.34. The minimum atomic E-state index is -3.11. The monoisotopic (exact) mass is 432 g/mol. The summed E-state index contributed by atoms with van der Waals surface area (Å²) in [6.45, 7) is 2.36. The third-order valence-corrected chi connectivity index (χ3v) is 8.35. The molecule has 2 aliphatic heterocycles. The second-order valence-electron chi connectivity index (χ2n) is 7.51. The van der Waals surface area contributed by atoms with E-state index < -0.39 is 9.84 Å². The highest BCUT2D eigenvalue weighted by molar-refractivity contribution is 8.15. The molecule has 2 aromatic carbocycles. The van der Waals surface area contributed by atoms with Crippen LogP contribution in [0.3, 0.4) is 0 Å². The number of carbonyl (C=O) groups is 1. The fourth-order valence-electron chi connectivity index (χ4n) is 3.75. The van der Waals surface area contributed by atoms with E-state index in [1.807, 2.05) is 36.1 Å². The van der Waals surface area contributed by atoms with Crippen LogP contribution in [0.15, 0.2) is 53.5 Å². The molecule has 2 fully saturated rings. The van der Waals surface area contributed by atoms with E-state index in [0.717, 1.165) is 16.7 Å². The Balaban J connectivity index is 1.57. The molecule has 29 heavy (non-hydrogen) atoms. The Kier molecular flexibility index (Phi) is 5.48. The Morgan fingerprint density at radius 2 is 1.93 bits per heavy atom. The molecule has 4 rings (SSSR count). The van der Waals surface area contributed by atoms with E-state index in [2.05, 4.69) is 4.99 Å². The topological polar surface area (TPSA) is 66.8 Å². The van der Waals surface area contributed by atoms with Crippen molar-refractivity contribution in [3.8, 4) is 0 Å². The quantitative estimate of drug-likeness (QED) is 0.743. The van der Waals surface area contributed by atoms with Crippen molar-refractivity contribution in [2.24, 2.45) is 4.99 Å². The molecule has 8 heteroatoms. The number of hydrogen-bond acceptors (Lipinski definition) is 4. The molecule has 0 aliphatic carbocycles. The molecule has 2 atom stereocenters. The average Bonchev–Trinajstić information content (AvgIpc) is 3.09. The smallest absolute Gasteiger partial charge is 0.252 e. The summed E-state index contributed by atoms with van der Waals surface area (Å²) >= 11 is 1.36. The van der Waals surface area contributed by atoms with E-state index in [4.69, 9.17) is 0 Å². The number of amidine groups is 1. The largest absolute Gasteiger partial charge is 0.342 e. The van der Waals surface area contributed by atoms with Crippen molar-refractivity contribution in [2.45, 2.75) is 31.2 Å². The van der Waals surface area contributed by atoms with Crippen LogP contribution in [-0.4, -0.2) is 47.2 Å². The lowest BCUT2D eigenvalue weighted by Gasteiger charge is -2.24. The van der Waals surface area contributed by atoms with Crippen molar-refractivity contribution in [3.05, 3.63) is 71.0 Å². The lowest BCUT2D eigenvalue weighted by Crippen LogP contribution is -2.37. The number of aliphatic imine (C=N–C) groups is 1. The highest BCUT2D eigenvalue weighted by Crippen LogP contribution is 2.39. The first-order valence-corrected chi connectivity index (χ1v) is 12.0. The first-order chi connectivity index (χ1) is 13.8. The number of amides is 1. The van der Waals surface area contributed by atoms with Crippen molar-refractivity contribution < 1.29 is 17.6 Å². The van der Waals surface area contributed by atoms with Gasteiger partial charge in [-0.3, -0.25) is 4.79 Å². The van der Waals surface area contributed by atoms with E-state index in [9.17, 15) is 17.6 Å². The third-order valence-electron chi connectivity index (χ3n) is 5.10. The minimum Gasteiger partial charge on any atom is -0.342 e. The number of halogens is 1. The summed E-state index contributed by atoms with van der Waals surface area (Å²) in [5, 5.41) is 0.419. The van der Waals surface area contributed by atoms with E-state index >= 15 is 0 Å². The molecule has 2 heterocycles. The Hall–Kier alpha value is -2.19. The van der Waals surface area contributed by atoms with Crippen LogP contribution in [0, 0.1) is 12.7 Å². The van der Waals surface area contributed by atoms with E-state index in [1.54, 1.807) is 12.1 Å². The van der Waals surface area contributed by atoms with Gasteiger partial charge in [-0.2, -0.15) is 4.99 Å². The van der Waals surface area contributed by atoms with Crippen LogP contribution in [0.5, 0.6) is 0 Å². The third kappa shape index (κ3) is 4.70. The van der Waals surface area contributed by atoms with E-state index in [0.29, 0.717) is 11.7 Å². The fraction of sp³-hybridized carbons (Fsp3) is 0.333. The number of nitrogens with zero attached hydrogens (tertiary/aromatic N) is 2. The average molecular weight is 433 g/mol. The summed E-state index contributed by atoms with van der Waals surface area (Å²) in [6.07, 6.45) is 0.198. The van der Waals surface area contributed by atoms with Gasteiger partial charge < -0.3 is 4.90 Å². The molecule has 0 saturated carbocycles. The summed E-state index contributed by atoms with van der Waals surface area (Å²) in [7, 11) is -3.11. The maximum absolute atomic E-state index is 13.2. The van der Waals surface area contributed by atoms with Gasteiger partial charge in [0.1, 0.15) is 5.82 Å². The van der Waals surface area contributed by atoms with Crippen molar-refractivity contribution in [1.29, 1.82) is 0 Å². The molecule has 2 saturated heterocycles. The van der Waals surface area contributed by atoms with Gasteiger partial charge in [0, 0.05) is 11.8 Å². The van der Waals surface area contributed by atoms with Crippen LogP contribution in [0.25, 0.3) is 0 Å². The zero-order valence-electron chi connectivity index (χ0n) is 15.9. The first kappa shape index (κ1) is 20.1. The minimum absolute atomic E-state index is 0.0525. The van der Waals surface area contributed by atoms with Crippen LogP contribution >= 0.6 is 11.8 Å². The Morgan fingerprint density at radius 1 is 1.17 bits per heavy atom. The van der Waals surface area contributed by atoms with E-state index in [1.165, 1.54) is 23.9 Å². The van der Waals surface area contributed by atoms with Gasteiger partial charge in [-0.15, -0.1) is 0 Å². The van der Waals surface area contributed by atoms with Crippen molar-refractivity contribution in [2.75, 3.05) is 11.5 Å². The summed E-state index contributed by atoms with van der Waals surface area (Å²) < 4.78 is 37.4. The number of rotatable bonds is 4. The molecule has 0 radical (unpaired) electrons. The summed E-state index contributed by atoms with van der Waals surface area (Å²) in [5.74, 6) is -0.442. The molecule has 0 N–H and O–H groups in total. The Morgan fingerprint density at radius 3 is 2.66 bits per heavy atom. The number of thioether (sulfide) groups is 1. The number of carbonyl (C=O) groups excluding carboxylic acids is 1.